The second-order valence-corrected chi connectivity index (χ2v) is 3.76. The van der Waals surface area contributed by atoms with Gasteiger partial charge in [-0.25, -0.2) is 17.6 Å². The zero-order valence-electron chi connectivity index (χ0n) is 6.09. The minimum Gasteiger partial charge on any atom is -0.205 e. The normalized spacial score (nSPS) is 21.8. The third kappa shape index (κ3) is 1.53. The number of alkyl halides is 2. The van der Waals surface area contributed by atoms with Crippen molar-refractivity contribution in [3.63, 3.8) is 0 Å². The molecular weight excluding hydrogens is 268 g/mol. The van der Waals surface area contributed by atoms with Gasteiger partial charge in [0.25, 0.3) is 0 Å². The van der Waals surface area contributed by atoms with Crippen LogP contribution in [0.1, 0.15) is 0 Å². The summed E-state index contributed by atoms with van der Waals surface area (Å²) in [6, 6.07) is 0. The van der Waals surface area contributed by atoms with Gasteiger partial charge in [0.2, 0.25) is 4.33 Å². The summed E-state index contributed by atoms with van der Waals surface area (Å²) in [6.45, 7) is 0. The van der Waals surface area contributed by atoms with Gasteiger partial charge in [-0.05, 0) is 0 Å². The fraction of sp³-hybridized carbons (Fsp3) is 0.167. The Labute approximate surface area is 90.8 Å². The average molecular weight is 268 g/mol. The predicted octanol–water partition coefficient (Wildman–Crippen LogP) is 4.07. The molecule has 0 saturated carbocycles. The molecule has 0 aromatic rings. The molecule has 0 amide bonds. The first-order valence-corrected chi connectivity index (χ1v) is 4.12. The van der Waals surface area contributed by atoms with Gasteiger partial charge in [0.05, 0.1) is 0 Å². The van der Waals surface area contributed by atoms with E-state index in [4.69, 9.17) is 35.0 Å². The largest absolute Gasteiger partial charge is 0.225 e. The lowest BCUT2D eigenvalue weighted by Crippen LogP contribution is -2.25. The topological polar surface area (TPSA) is 12.4 Å². The van der Waals surface area contributed by atoms with Crippen molar-refractivity contribution in [2.24, 2.45) is 4.51 Å². The average Bonchev–Trinajstić information content (AvgIpc) is 2.14. The van der Waals surface area contributed by atoms with Crippen LogP contribution in [-0.2, 0) is 0 Å². The van der Waals surface area contributed by atoms with E-state index in [1.54, 1.807) is 0 Å². The lowest BCUT2D eigenvalue weighted by Gasteiger charge is -2.20. The van der Waals surface area contributed by atoms with Crippen molar-refractivity contribution < 1.29 is 17.6 Å². The van der Waals surface area contributed by atoms with Gasteiger partial charge in [0.15, 0.2) is 29.0 Å². The van der Waals surface area contributed by atoms with Crippen molar-refractivity contribution in [1.82, 2.24) is 0 Å². The van der Waals surface area contributed by atoms with Gasteiger partial charge in [-0.1, -0.05) is 23.2 Å². The van der Waals surface area contributed by atoms with E-state index in [-0.39, 0.29) is 0 Å². The van der Waals surface area contributed by atoms with Crippen molar-refractivity contribution in [1.29, 1.82) is 0 Å². The lowest BCUT2D eigenvalue weighted by atomic mass is 10.1. The fourth-order valence-electron chi connectivity index (χ4n) is 0.750. The van der Waals surface area contributed by atoms with Crippen LogP contribution in [0.2, 0.25) is 0 Å². The van der Waals surface area contributed by atoms with E-state index in [9.17, 15) is 17.6 Å². The van der Waals surface area contributed by atoms with Crippen LogP contribution in [-0.4, -0.2) is 10.0 Å². The number of hydrogen-bond acceptors (Lipinski definition) is 1. The molecule has 0 bridgehead atoms. The Morgan fingerprint density at radius 3 is 1.57 bits per heavy atom. The highest BCUT2D eigenvalue weighted by atomic mass is 35.5. The van der Waals surface area contributed by atoms with E-state index in [0.717, 1.165) is 0 Å². The van der Waals surface area contributed by atoms with Crippen LogP contribution >= 0.6 is 35.0 Å². The molecule has 0 aliphatic heterocycles. The molecular formula is C6Cl3F4N. The molecule has 0 aromatic heterocycles. The number of hydrogen-bond donors (Lipinski definition) is 0. The van der Waals surface area contributed by atoms with Crippen LogP contribution in [0.5, 0.6) is 0 Å². The Bertz CT molecular complexity index is 341. The molecule has 0 N–H and O–H groups in total. The molecule has 0 radical (unpaired) electrons. The van der Waals surface area contributed by atoms with Gasteiger partial charge in [0, 0.05) is 11.8 Å². The van der Waals surface area contributed by atoms with Gasteiger partial charge < -0.3 is 0 Å². The van der Waals surface area contributed by atoms with Crippen LogP contribution < -0.4 is 0 Å². The van der Waals surface area contributed by atoms with E-state index >= 15 is 0 Å². The SMILES string of the molecule is FC1=C(F)C(Cl)(Cl)C(F)=C(F)C1=NCl. The van der Waals surface area contributed by atoms with E-state index in [1.807, 2.05) is 0 Å². The standard InChI is InChI=1S/C6Cl3F4N/c7-6(8)4(12)1(10)3(14-9)2(11)5(6)13. The number of rotatable bonds is 0. The summed E-state index contributed by atoms with van der Waals surface area (Å²) >= 11 is 14.7. The Morgan fingerprint density at radius 1 is 0.929 bits per heavy atom. The molecule has 0 saturated heterocycles. The number of allylic oxidation sites excluding steroid dienone is 4. The quantitative estimate of drug-likeness (QED) is 0.464. The maximum atomic E-state index is 12.9. The molecule has 1 aliphatic carbocycles. The zero-order chi connectivity index (χ0) is 11.1. The number of nitrogens with zero attached hydrogens (tertiary/aromatic N) is 1. The maximum absolute atomic E-state index is 12.9. The zero-order valence-corrected chi connectivity index (χ0v) is 8.36. The van der Waals surface area contributed by atoms with Crippen molar-refractivity contribution in [3.8, 4) is 0 Å². The molecule has 1 rings (SSSR count). The lowest BCUT2D eigenvalue weighted by molar-refractivity contribution is 0.456. The molecule has 0 heterocycles. The minimum absolute atomic E-state index is 1.31. The summed E-state index contributed by atoms with van der Waals surface area (Å²) in [5.74, 6) is -7.44. The second kappa shape index (κ2) is 3.72. The van der Waals surface area contributed by atoms with Crippen molar-refractivity contribution in [3.05, 3.63) is 23.3 Å². The van der Waals surface area contributed by atoms with Gasteiger partial charge >= 0.3 is 0 Å². The smallest absolute Gasteiger partial charge is 0.205 e. The van der Waals surface area contributed by atoms with E-state index in [1.165, 1.54) is 0 Å². The van der Waals surface area contributed by atoms with E-state index in [2.05, 4.69) is 4.51 Å². The third-order valence-electron chi connectivity index (χ3n) is 1.44. The molecule has 0 aromatic carbocycles. The molecule has 8 heteroatoms. The van der Waals surface area contributed by atoms with Gasteiger partial charge in [0.1, 0.15) is 0 Å². The first-order valence-electron chi connectivity index (χ1n) is 3.03. The summed E-state index contributed by atoms with van der Waals surface area (Å²) in [7, 11) is 0. The van der Waals surface area contributed by atoms with Gasteiger partial charge in [-0.3, -0.25) is 0 Å². The Balaban J connectivity index is 3.45. The first-order chi connectivity index (χ1) is 6.34. The summed E-state index contributed by atoms with van der Waals surface area (Å²) in [5, 5.41) is 0. The van der Waals surface area contributed by atoms with E-state index < -0.39 is 33.4 Å². The molecule has 1 nitrogen and oxygen atoms in total. The Kier molecular flexibility index (Phi) is 3.13. The monoisotopic (exact) mass is 267 g/mol. The van der Waals surface area contributed by atoms with E-state index in [0.29, 0.717) is 0 Å². The summed E-state index contributed by atoms with van der Waals surface area (Å²) < 4.78 is 50.9. The minimum atomic E-state index is -3.00. The van der Waals surface area contributed by atoms with Gasteiger partial charge in [-0.2, -0.15) is 4.51 Å². The Hall–Kier alpha value is -0.260. The molecule has 14 heavy (non-hydrogen) atoms. The van der Waals surface area contributed by atoms with Crippen molar-refractivity contribution >= 4 is 40.7 Å². The summed E-state index contributed by atoms with van der Waals surface area (Å²) in [6.07, 6.45) is 0. The summed E-state index contributed by atoms with van der Waals surface area (Å²) in [5.41, 5.74) is -1.31. The highest BCUT2D eigenvalue weighted by molar-refractivity contribution is 6.53. The highest BCUT2D eigenvalue weighted by Gasteiger charge is 2.47. The molecule has 0 spiro atoms. The van der Waals surface area contributed by atoms with Gasteiger partial charge in [-0.15, -0.1) is 0 Å². The van der Waals surface area contributed by atoms with Crippen LogP contribution in [0.4, 0.5) is 17.6 Å². The van der Waals surface area contributed by atoms with Crippen molar-refractivity contribution in [2.45, 2.75) is 4.33 Å². The Morgan fingerprint density at radius 2 is 1.29 bits per heavy atom. The molecule has 78 valence electrons. The van der Waals surface area contributed by atoms with Crippen molar-refractivity contribution in [2.75, 3.05) is 0 Å². The number of halogens is 7. The molecule has 1 aliphatic rings. The van der Waals surface area contributed by atoms with Crippen LogP contribution in [0, 0.1) is 0 Å². The predicted molar refractivity (Wildman–Crippen MR) is 46.2 cm³/mol. The molecule has 0 atom stereocenters. The maximum Gasteiger partial charge on any atom is 0.225 e. The molecule has 0 unspecified atom stereocenters. The first kappa shape index (κ1) is 11.8. The molecule has 0 fully saturated rings. The van der Waals surface area contributed by atoms with Crippen LogP contribution in [0.15, 0.2) is 27.8 Å². The fourth-order valence-corrected chi connectivity index (χ4v) is 1.23. The highest BCUT2D eigenvalue weighted by Crippen LogP contribution is 2.46. The van der Waals surface area contributed by atoms with Crippen LogP contribution in [0.25, 0.3) is 0 Å². The summed E-state index contributed by atoms with van der Waals surface area (Å²) in [4.78, 5) is 0. The van der Waals surface area contributed by atoms with Crippen LogP contribution in [0.3, 0.4) is 0 Å². The third-order valence-corrected chi connectivity index (χ3v) is 2.27. The second-order valence-electron chi connectivity index (χ2n) is 2.26.